The Balaban J connectivity index is 0.000000714. The Morgan fingerprint density at radius 1 is 0.732 bits per heavy atom. The Labute approximate surface area is 245 Å². The fourth-order valence-electron chi connectivity index (χ4n) is 5.21. The molecule has 0 N–H and O–H groups in total. The minimum Gasteiger partial charge on any atom is -0.748 e. The second-order valence-corrected chi connectivity index (χ2v) is 11.9. The van der Waals surface area contributed by atoms with Crippen LogP contribution in [0.15, 0.2) is 66.7 Å². The number of rotatable bonds is 9. The first-order valence-corrected chi connectivity index (χ1v) is 16.1. The molecule has 0 unspecified atom stereocenters. The van der Waals surface area contributed by atoms with Gasteiger partial charge in [-0.15, -0.1) is 0 Å². The molecule has 3 heterocycles. The number of anilines is 2. The van der Waals surface area contributed by atoms with E-state index in [1.807, 2.05) is 0 Å². The summed E-state index contributed by atoms with van der Waals surface area (Å²) in [4.78, 5) is 4.95. The van der Waals surface area contributed by atoms with E-state index < -0.39 is 10.1 Å². The van der Waals surface area contributed by atoms with E-state index >= 15 is 0 Å². The van der Waals surface area contributed by atoms with Gasteiger partial charge in [-0.3, -0.25) is 0 Å². The fraction of sp³-hybridized carbons (Fsp3) is 0.364. The number of benzene rings is 2. The molecule has 1 aromatic heterocycles. The van der Waals surface area contributed by atoms with Crippen LogP contribution in [0.4, 0.5) is 11.4 Å². The molecule has 2 aromatic carbocycles. The van der Waals surface area contributed by atoms with Crippen LogP contribution in [-0.4, -0.2) is 59.1 Å². The van der Waals surface area contributed by atoms with Crippen LogP contribution in [0.5, 0.6) is 0 Å². The van der Waals surface area contributed by atoms with E-state index in [-0.39, 0.29) is 0 Å². The minimum absolute atomic E-state index is 0.604. The van der Waals surface area contributed by atoms with Crippen molar-refractivity contribution < 1.29 is 22.3 Å². The molecule has 7 nitrogen and oxygen atoms in total. The quantitative estimate of drug-likeness (QED) is 0.254. The summed E-state index contributed by atoms with van der Waals surface area (Å²) < 4.78 is 35.0. The van der Waals surface area contributed by atoms with Gasteiger partial charge in [-0.2, -0.15) is 4.57 Å². The van der Waals surface area contributed by atoms with E-state index in [1.54, 1.807) is 7.11 Å². The molecule has 2 saturated heterocycles. The largest absolute Gasteiger partial charge is 0.748 e. The standard InChI is InChI=1S/C32H38N3O.CH4O3S/c1-36-26-25-35-31(19-13-27-9-15-29(16-10-27)33-21-2-3-22-33)7-6-8-32(35)20-14-28-11-17-30(18-12-28)34-23-4-5-24-34;1-5(2,3)4/h6-20H,2-5,21-26H2,1H3;1H3,(H,2,3,4)/q+1;/p-1. The van der Waals surface area contributed by atoms with Crippen LogP contribution in [0, 0.1) is 0 Å². The van der Waals surface area contributed by atoms with Crippen molar-refractivity contribution in [2.24, 2.45) is 0 Å². The van der Waals surface area contributed by atoms with Crippen molar-refractivity contribution in [3.8, 4) is 0 Å². The molecule has 0 bridgehead atoms. The highest BCUT2D eigenvalue weighted by Gasteiger charge is 2.14. The molecule has 0 amide bonds. The van der Waals surface area contributed by atoms with Crippen LogP contribution in [-0.2, 0) is 21.4 Å². The van der Waals surface area contributed by atoms with E-state index in [0.717, 1.165) is 6.54 Å². The van der Waals surface area contributed by atoms with Crippen molar-refractivity contribution in [3.05, 3.63) is 89.2 Å². The highest BCUT2D eigenvalue weighted by atomic mass is 32.2. The van der Waals surface area contributed by atoms with Gasteiger partial charge in [-0.1, -0.05) is 24.3 Å². The molecule has 0 atom stereocenters. The van der Waals surface area contributed by atoms with Gasteiger partial charge in [0.15, 0.2) is 6.54 Å². The monoisotopic (exact) mass is 575 g/mol. The zero-order valence-electron chi connectivity index (χ0n) is 24.1. The van der Waals surface area contributed by atoms with Gasteiger partial charge in [0, 0.05) is 75.2 Å². The van der Waals surface area contributed by atoms with Crippen molar-refractivity contribution in [2.75, 3.05) is 56.0 Å². The first-order valence-electron chi connectivity index (χ1n) is 14.3. The molecule has 2 fully saturated rings. The van der Waals surface area contributed by atoms with Gasteiger partial charge in [0.1, 0.15) is 6.61 Å². The molecular weight excluding hydrogens is 534 g/mol. The molecule has 218 valence electrons. The second-order valence-electron chi connectivity index (χ2n) is 10.5. The van der Waals surface area contributed by atoms with E-state index in [2.05, 4.69) is 105 Å². The van der Waals surface area contributed by atoms with Gasteiger partial charge in [-0.05, 0) is 79.3 Å². The molecule has 0 aliphatic carbocycles. The summed E-state index contributed by atoms with van der Waals surface area (Å²) in [5, 5.41) is 0. The molecule has 8 heteroatoms. The maximum Gasteiger partial charge on any atom is 0.205 e. The zero-order chi connectivity index (χ0) is 29.1. The lowest BCUT2D eigenvalue weighted by Gasteiger charge is -2.17. The van der Waals surface area contributed by atoms with Gasteiger partial charge >= 0.3 is 0 Å². The fourth-order valence-corrected chi connectivity index (χ4v) is 5.21. The Hall–Kier alpha value is -3.46. The number of hydrogen-bond donors (Lipinski definition) is 0. The average Bonchev–Trinajstić information content (AvgIpc) is 3.69. The highest BCUT2D eigenvalue weighted by molar-refractivity contribution is 7.84. The number of ether oxygens (including phenoxy) is 1. The van der Waals surface area contributed by atoms with Gasteiger partial charge in [0.05, 0.1) is 10.1 Å². The van der Waals surface area contributed by atoms with Crippen molar-refractivity contribution >= 4 is 45.8 Å². The Morgan fingerprint density at radius 3 is 1.49 bits per heavy atom. The summed E-state index contributed by atoms with van der Waals surface area (Å²) in [7, 11) is -2.15. The molecule has 2 aliphatic heterocycles. The average molecular weight is 576 g/mol. The van der Waals surface area contributed by atoms with Gasteiger partial charge in [0.25, 0.3) is 0 Å². The summed E-state index contributed by atoms with van der Waals surface area (Å²) >= 11 is 0. The number of methoxy groups -OCH3 is 1. The lowest BCUT2D eigenvalue weighted by Crippen LogP contribution is -2.42. The number of aromatic nitrogens is 1. The van der Waals surface area contributed by atoms with Crippen molar-refractivity contribution in [3.63, 3.8) is 0 Å². The lowest BCUT2D eigenvalue weighted by molar-refractivity contribution is -0.701. The second kappa shape index (κ2) is 15.0. The molecule has 5 rings (SSSR count). The molecular formula is C33H41N3O4S. The molecule has 3 aromatic rings. The first kappa shape index (κ1) is 30.5. The van der Waals surface area contributed by atoms with Crippen LogP contribution >= 0.6 is 0 Å². The predicted octanol–water partition coefficient (Wildman–Crippen LogP) is 5.32. The highest BCUT2D eigenvalue weighted by Crippen LogP contribution is 2.22. The van der Waals surface area contributed by atoms with Crippen LogP contribution < -0.4 is 14.4 Å². The van der Waals surface area contributed by atoms with Gasteiger partial charge < -0.3 is 19.1 Å². The van der Waals surface area contributed by atoms with E-state index in [9.17, 15) is 0 Å². The smallest absolute Gasteiger partial charge is 0.205 e. The Morgan fingerprint density at radius 2 is 1.12 bits per heavy atom. The summed E-state index contributed by atoms with van der Waals surface area (Å²) in [5.41, 5.74) is 7.44. The summed E-state index contributed by atoms with van der Waals surface area (Å²) in [5.74, 6) is 0. The summed E-state index contributed by atoms with van der Waals surface area (Å²) in [6.07, 6.45) is 14.7. The van der Waals surface area contributed by atoms with Crippen LogP contribution in [0.1, 0.15) is 48.2 Å². The summed E-state index contributed by atoms with van der Waals surface area (Å²) in [6.45, 7) is 6.19. The van der Waals surface area contributed by atoms with Crippen LogP contribution in [0.3, 0.4) is 0 Å². The SMILES string of the molecule is COCC[n+]1c(/C=C/c2ccc(N3CCCC3)cc2)cccc1/C=C/c1ccc(N2CCCC2)cc1.CS(=O)(=O)[O-]. The molecule has 41 heavy (non-hydrogen) atoms. The third-order valence-electron chi connectivity index (χ3n) is 7.30. The maximum atomic E-state index is 9.08. The van der Waals surface area contributed by atoms with E-state index in [0.29, 0.717) is 12.9 Å². The van der Waals surface area contributed by atoms with Crippen LogP contribution in [0.2, 0.25) is 0 Å². The van der Waals surface area contributed by atoms with Crippen molar-refractivity contribution in [2.45, 2.75) is 32.2 Å². The van der Waals surface area contributed by atoms with E-state index in [4.69, 9.17) is 17.7 Å². The van der Waals surface area contributed by atoms with Gasteiger partial charge in [-0.25, -0.2) is 8.42 Å². The molecule has 0 spiro atoms. The van der Waals surface area contributed by atoms with Gasteiger partial charge in [0.2, 0.25) is 11.4 Å². The third-order valence-corrected chi connectivity index (χ3v) is 7.30. The topological polar surface area (TPSA) is 76.8 Å². The lowest BCUT2D eigenvalue weighted by atomic mass is 10.1. The number of hydrogen-bond acceptors (Lipinski definition) is 6. The zero-order valence-corrected chi connectivity index (χ0v) is 24.9. The Kier molecular flexibility index (Phi) is 11.1. The number of pyridine rings is 1. The minimum atomic E-state index is -3.92. The molecule has 0 radical (unpaired) electrons. The normalized spacial score (nSPS) is 15.6. The molecule has 0 saturated carbocycles. The van der Waals surface area contributed by atoms with Crippen LogP contribution in [0.25, 0.3) is 24.3 Å². The predicted molar refractivity (Wildman–Crippen MR) is 168 cm³/mol. The Bertz CT molecular complexity index is 1310. The van der Waals surface area contributed by atoms with Crippen molar-refractivity contribution in [1.29, 1.82) is 0 Å². The van der Waals surface area contributed by atoms with Crippen molar-refractivity contribution in [1.82, 2.24) is 0 Å². The number of nitrogens with zero attached hydrogens (tertiary/aromatic N) is 3. The molecule has 2 aliphatic rings. The summed E-state index contributed by atoms with van der Waals surface area (Å²) in [6, 6.07) is 24.4. The maximum absolute atomic E-state index is 9.08. The van der Waals surface area contributed by atoms with E-state index in [1.165, 1.54) is 85.8 Å². The third kappa shape index (κ3) is 9.85. The first-order chi connectivity index (χ1) is 19.8.